The molecule has 7 unspecified atom stereocenters. The van der Waals surface area contributed by atoms with Crippen molar-refractivity contribution in [2.75, 3.05) is 0 Å². The molecule has 9 nitrogen and oxygen atoms in total. The molecule has 0 aliphatic heterocycles. The van der Waals surface area contributed by atoms with E-state index in [9.17, 15) is 19.2 Å². The third-order valence-corrected chi connectivity index (χ3v) is 13.1. The lowest BCUT2D eigenvalue weighted by atomic mass is 9.44. The first-order chi connectivity index (χ1) is 23.3. The molecule has 0 bridgehead atoms. The van der Waals surface area contributed by atoms with Gasteiger partial charge in [-0.2, -0.15) is 0 Å². The van der Waals surface area contributed by atoms with Gasteiger partial charge in [-0.1, -0.05) is 20.8 Å². The van der Waals surface area contributed by atoms with Gasteiger partial charge in [0.1, 0.15) is 28.9 Å². The largest absolute Gasteiger partial charge is 0.461 e. The highest BCUT2D eigenvalue weighted by molar-refractivity contribution is 5.95. The van der Waals surface area contributed by atoms with E-state index in [1.807, 2.05) is 41.5 Å². The fraction of sp³-hybridized carbons (Fsp3) is 0.905. The third kappa shape index (κ3) is 10.1. The van der Waals surface area contributed by atoms with Gasteiger partial charge in [0, 0.05) is 0 Å². The molecule has 0 aromatic heterocycles. The van der Waals surface area contributed by atoms with Crippen LogP contribution in [0.3, 0.4) is 0 Å². The minimum atomic E-state index is -1.02. The van der Waals surface area contributed by atoms with Crippen molar-refractivity contribution in [3.05, 3.63) is 0 Å². The molecule has 10 atom stereocenters. The zero-order valence-corrected chi connectivity index (χ0v) is 34.0. The second-order valence-corrected chi connectivity index (χ2v) is 20.3. The van der Waals surface area contributed by atoms with Crippen molar-refractivity contribution in [3.8, 4) is 0 Å². The van der Waals surface area contributed by atoms with Crippen LogP contribution in [0.4, 0.5) is 0 Å². The Morgan fingerprint density at radius 1 is 0.686 bits per heavy atom. The first kappa shape index (κ1) is 41.6. The quantitative estimate of drug-likeness (QED) is 0.135. The van der Waals surface area contributed by atoms with Crippen molar-refractivity contribution in [2.45, 2.75) is 189 Å². The smallest absolute Gasteiger partial charge is 0.323 e. The molecular weight excluding hydrogens is 646 g/mol. The van der Waals surface area contributed by atoms with Crippen LogP contribution in [-0.2, 0) is 38.1 Å². The van der Waals surface area contributed by atoms with E-state index in [1.165, 1.54) is 32.1 Å². The Morgan fingerprint density at radius 2 is 1.24 bits per heavy atom. The first-order valence-corrected chi connectivity index (χ1v) is 20.0. The highest BCUT2D eigenvalue weighted by atomic mass is 16.6. The molecule has 2 N–H and O–H groups in total. The van der Waals surface area contributed by atoms with Crippen LogP contribution in [0.2, 0.25) is 0 Å². The van der Waals surface area contributed by atoms with Crippen LogP contribution in [0.15, 0.2) is 0 Å². The van der Waals surface area contributed by atoms with E-state index in [1.54, 1.807) is 20.8 Å². The van der Waals surface area contributed by atoms with E-state index < -0.39 is 52.6 Å². The Labute approximate surface area is 308 Å². The number of rotatable bonds is 10. The van der Waals surface area contributed by atoms with E-state index in [2.05, 4.69) is 20.8 Å². The standard InChI is InChI=1S/C42H71NO8/c1-25(13-15-29(35(45)50-39(5,6)7)36(46)51-40(8,9)10)30-17-18-31-28-16-14-26-23-27(19-21-41(26,11)32(28)20-22-42(30,31)12)48-37(47)33(43)24-34(44)49-38(2,3)4/h25-33H,13-24,43H2,1-12H3/t25-,26?,27-,28?,30?,31?,32?,33+,41?,42?/m1/s1. The molecule has 9 heteroatoms. The van der Waals surface area contributed by atoms with Crippen LogP contribution in [0, 0.1) is 52.3 Å². The van der Waals surface area contributed by atoms with Crippen molar-refractivity contribution in [1.29, 1.82) is 0 Å². The summed E-state index contributed by atoms with van der Waals surface area (Å²) in [6.07, 6.45) is 10.8. The average Bonchev–Trinajstić information content (AvgIpc) is 3.31. The van der Waals surface area contributed by atoms with Crippen LogP contribution in [0.5, 0.6) is 0 Å². The number of fused-ring (bicyclic) bond motifs is 5. The van der Waals surface area contributed by atoms with Gasteiger partial charge in [0.25, 0.3) is 0 Å². The summed E-state index contributed by atoms with van der Waals surface area (Å²) in [5, 5.41) is 0. The van der Waals surface area contributed by atoms with Crippen LogP contribution >= 0.6 is 0 Å². The fourth-order valence-electron chi connectivity index (χ4n) is 10.9. The van der Waals surface area contributed by atoms with Crippen molar-refractivity contribution < 1.29 is 38.1 Å². The number of hydrogen-bond donors (Lipinski definition) is 1. The number of hydrogen-bond acceptors (Lipinski definition) is 9. The molecule has 0 heterocycles. The SMILES string of the molecule is C[C@H](CCC(C(=O)OC(C)(C)C)C(=O)OC(C)(C)C)C1CCC2C3CCC4C[C@H](OC(=O)[C@@H](N)CC(=O)OC(C)(C)C)CCC4(C)C3CCC21C. The highest BCUT2D eigenvalue weighted by Gasteiger charge is 2.61. The van der Waals surface area contributed by atoms with Gasteiger partial charge < -0.3 is 24.7 Å². The zero-order chi connectivity index (χ0) is 38.3. The van der Waals surface area contributed by atoms with E-state index in [4.69, 9.17) is 24.7 Å². The van der Waals surface area contributed by atoms with Gasteiger partial charge in [0.15, 0.2) is 5.92 Å². The Balaban J connectivity index is 1.36. The van der Waals surface area contributed by atoms with Crippen LogP contribution < -0.4 is 5.73 Å². The van der Waals surface area contributed by atoms with Crippen molar-refractivity contribution in [2.24, 2.45) is 58.0 Å². The summed E-state index contributed by atoms with van der Waals surface area (Å²) in [7, 11) is 0. The fourth-order valence-corrected chi connectivity index (χ4v) is 10.9. The molecular formula is C42H71NO8. The Morgan fingerprint density at radius 3 is 1.80 bits per heavy atom. The maximum atomic E-state index is 13.2. The van der Waals surface area contributed by atoms with Gasteiger partial charge in [-0.25, -0.2) is 0 Å². The summed E-state index contributed by atoms with van der Waals surface area (Å²) in [5.74, 6) is 0.577. The summed E-state index contributed by atoms with van der Waals surface area (Å²) in [6, 6.07) is -1.02. The molecule has 0 amide bonds. The zero-order valence-electron chi connectivity index (χ0n) is 34.0. The second kappa shape index (κ2) is 15.3. The van der Waals surface area contributed by atoms with E-state index >= 15 is 0 Å². The summed E-state index contributed by atoms with van der Waals surface area (Å²) in [6.45, 7) is 23.7. The van der Waals surface area contributed by atoms with Crippen LogP contribution in [-0.4, -0.2) is 52.8 Å². The molecule has 0 radical (unpaired) electrons. The van der Waals surface area contributed by atoms with Gasteiger partial charge in [-0.05, 0) is 179 Å². The number of nitrogens with two attached hydrogens (primary N) is 1. The number of esters is 4. The molecule has 4 rings (SSSR count). The monoisotopic (exact) mass is 718 g/mol. The normalized spacial score (nSPS) is 33.6. The van der Waals surface area contributed by atoms with E-state index in [0.717, 1.165) is 32.1 Å². The number of carbonyl (C=O) groups excluding carboxylic acids is 4. The summed E-state index contributed by atoms with van der Waals surface area (Å²) in [5.41, 5.74) is 4.57. The Kier molecular flexibility index (Phi) is 12.5. The molecule has 4 aliphatic carbocycles. The number of ether oxygens (including phenoxy) is 4. The maximum Gasteiger partial charge on any atom is 0.323 e. The maximum absolute atomic E-state index is 13.2. The van der Waals surface area contributed by atoms with E-state index in [0.29, 0.717) is 41.9 Å². The second-order valence-electron chi connectivity index (χ2n) is 20.3. The van der Waals surface area contributed by atoms with Crippen molar-refractivity contribution in [3.63, 3.8) is 0 Å². The molecule has 0 saturated heterocycles. The molecule has 0 aromatic carbocycles. The first-order valence-electron chi connectivity index (χ1n) is 20.0. The minimum absolute atomic E-state index is 0.160. The lowest BCUT2D eigenvalue weighted by Crippen LogP contribution is -2.54. The summed E-state index contributed by atoms with van der Waals surface area (Å²) in [4.78, 5) is 51.6. The van der Waals surface area contributed by atoms with Gasteiger partial charge in [-0.3, -0.25) is 19.2 Å². The van der Waals surface area contributed by atoms with Gasteiger partial charge in [0.05, 0.1) is 6.42 Å². The van der Waals surface area contributed by atoms with Crippen molar-refractivity contribution >= 4 is 23.9 Å². The lowest BCUT2D eigenvalue weighted by Gasteiger charge is -2.61. The predicted octanol–water partition coefficient (Wildman–Crippen LogP) is 8.33. The van der Waals surface area contributed by atoms with Crippen LogP contribution in [0.1, 0.15) is 160 Å². The van der Waals surface area contributed by atoms with Crippen molar-refractivity contribution in [1.82, 2.24) is 0 Å². The summed E-state index contributed by atoms with van der Waals surface area (Å²) >= 11 is 0. The molecule has 292 valence electrons. The minimum Gasteiger partial charge on any atom is -0.461 e. The highest BCUT2D eigenvalue weighted by Crippen LogP contribution is 2.68. The third-order valence-electron chi connectivity index (χ3n) is 13.1. The molecule has 51 heavy (non-hydrogen) atoms. The van der Waals surface area contributed by atoms with Gasteiger partial charge in [0.2, 0.25) is 0 Å². The van der Waals surface area contributed by atoms with Gasteiger partial charge in [-0.15, -0.1) is 0 Å². The van der Waals surface area contributed by atoms with E-state index in [-0.39, 0.29) is 23.4 Å². The number of carbonyl (C=O) groups is 4. The predicted molar refractivity (Wildman–Crippen MR) is 197 cm³/mol. The molecule has 4 fully saturated rings. The molecule has 4 aliphatic rings. The topological polar surface area (TPSA) is 131 Å². The molecule has 0 spiro atoms. The summed E-state index contributed by atoms with van der Waals surface area (Å²) < 4.78 is 22.6. The lowest BCUT2D eigenvalue weighted by molar-refractivity contribution is -0.175. The Bertz CT molecular complexity index is 1250. The van der Waals surface area contributed by atoms with Crippen LogP contribution in [0.25, 0.3) is 0 Å². The molecule has 4 saturated carbocycles. The molecule has 0 aromatic rings. The van der Waals surface area contributed by atoms with Gasteiger partial charge >= 0.3 is 23.9 Å². The average molecular weight is 718 g/mol. The Hall–Kier alpha value is -2.16.